The van der Waals surface area contributed by atoms with Crippen molar-refractivity contribution in [2.45, 2.75) is 45.6 Å². The molecule has 1 aromatic carbocycles. The Balaban J connectivity index is 1.81. The molecule has 6 nitrogen and oxygen atoms in total. The Morgan fingerprint density at radius 3 is 2.43 bits per heavy atom. The Hall–Kier alpha value is -1.95. The average Bonchev–Trinajstić information content (AvgIpc) is 3.23. The van der Waals surface area contributed by atoms with Gasteiger partial charge in [-0.15, -0.1) is 0 Å². The van der Waals surface area contributed by atoms with Gasteiger partial charge in [-0.3, -0.25) is 9.89 Å². The molecule has 1 aliphatic rings. The lowest BCUT2D eigenvalue weighted by atomic mass is 10.0. The molecule has 2 N–H and O–H groups in total. The number of rotatable bonds is 10. The predicted molar refractivity (Wildman–Crippen MR) is 117 cm³/mol. The normalized spacial score (nSPS) is 16.3. The summed E-state index contributed by atoms with van der Waals surface area (Å²) in [5.74, 6) is 3.10. The van der Waals surface area contributed by atoms with Gasteiger partial charge in [0, 0.05) is 26.2 Å². The number of aliphatic imine (C=N–C) groups is 1. The van der Waals surface area contributed by atoms with Gasteiger partial charge in [0.05, 0.1) is 14.2 Å². The summed E-state index contributed by atoms with van der Waals surface area (Å²) >= 11 is 0. The monoisotopic (exact) mass is 390 g/mol. The van der Waals surface area contributed by atoms with E-state index in [0.717, 1.165) is 37.0 Å². The number of likely N-dealkylation sites (tertiary alicyclic amines) is 1. The van der Waals surface area contributed by atoms with Crippen LogP contribution in [-0.4, -0.2) is 64.3 Å². The maximum Gasteiger partial charge on any atom is 0.191 e. The Kier molecular flexibility index (Phi) is 9.41. The van der Waals surface area contributed by atoms with E-state index in [9.17, 15) is 0 Å². The van der Waals surface area contributed by atoms with Gasteiger partial charge in [0.25, 0.3) is 0 Å². The van der Waals surface area contributed by atoms with Gasteiger partial charge in [0.2, 0.25) is 0 Å². The SMILES string of the molecule is CN=C(NCCc1ccc(OC)c(OC)c1)NCC(CC(C)C)N1CCCC1. The fraction of sp³-hybridized carbons (Fsp3) is 0.682. The van der Waals surface area contributed by atoms with Crippen LogP contribution in [0.3, 0.4) is 0 Å². The summed E-state index contributed by atoms with van der Waals surface area (Å²) in [5.41, 5.74) is 1.20. The molecule has 2 rings (SSSR count). The largest absolute Gasteiger partial charge is 0.493 e. The summed E-state index contributed by atoms with van der Waals surface area (Å²) in [5, 5.41) is 6.96. The zero-order valence-electron chi connectivity index (χ0n) is 18.3. The topological polar surface area (TPSA) is 58.1 Å². The van der Waals surface area contributed by atoms with Crippen molar-refractivity contribution in [3.05, 3.63) is 23.8 Å². The van der Waals surface area contributed by atoms with Crippen molar-refractivity contribution in [3.8, 4) is 11.5 Å². The third-order valence-corrected chi connectivity index (χ3v) is 5.28. The first-order valence-electron chi connectivity index (χ1n) is 10.5. The lowest BCUT2D eigenvalue weighted by molar-refractivity contribution is 0.213. The molecule has 1 fully saturated rings. The highest BCUT2D eigenvalue weighted by Crippen LogP contribution is 2.27. The van der Waals surface area contributed by atoms with Crippen molar-refractivity contribution in [3.63, 3.8) is 0 Å². The van der Waals surface area contributed by atoms with Crippen LogP contribution in [0, 0.1) is 5.92 Å². The van der Waals surface area contributed by atoms with Gasteiger partial charge in [-0.05, 0) is 62.4 Å². The lowest BCUT2D eigenvalue weighted by Gasteiger charge is -2.29. The van der Waals surface area contributed by atoms with Crippen molar-refractivity contribution in [2.24, 2.45) is 10.9 Å². The number of guanidine groups is 1. The van der Waals surface area contributed by atoms with E-state index in [1.807, 2.05) is 19.2 Å². The third-order valence-electron chi connectivity index (χ3n) is 5.28. The summed E-state index contributed by atoms with van der Waals surface area (Å²) in [6.07, 6.45) is 4.76. The van der Waals surface area contributed by atoms with Gasteiger partial charge >= 0.3 is 0 Å². The van der Waals surface area contributed by atoms with Crippen LogP contribution in [0.4, 0.5) is 0 Å². The molecule has 1 aliphatic heterocycles. The molecule has 0 aromatic heterocycles. The minimum Gasteiger partial charge on any atom is -0.493 e. The van der Waals surface area contributed by atoms with Crippen LogP contribution in [0.1, 0.15) is 38.7 Å². The zero-order valence-corrected chi connectivity index (χ0v) is 18.3. The number of nitrogens with zero attached hydrogens (tertiary/aromatic N) is 2. The first-order chi connectivity index (χ1) is 13.6. The van der Waals surface area contributed by atoms with Crippen LogP contribution in [0.2, 0.25) is 0 Å². The second kappa shape index (κ2) is 11.8. The standard InChI is InChI=1S/C22H38N4O2/c1-17(2)14-19(26-12-6-7-13-26)16-25-22(23-3)24-11-10-18-8-9-20(27-4)21(15-18)28-5/h8-9,15,17,19H,6-7,10-14,16H2,1-5H3,(H2,23,24,25). The summed E-state index contributed by atoms with van der Waals surface area (Å²) in [4.78, 5) is 7.02. The Labute approximate surface area is 170 Å². The molecule has 0 radical (unpaired) electrons. The molecular weight excluding hydrogens is 352 g/mol. The van der Waals surface area contributed by atoms with E-state index < -0.39 is 0 Å². The number of benzene rings is 1. The summed E-state index contributed by atoms with van der Waals surface area (Å²) in [6.45, 7) is 8.81. The van der Waals surface area contributed by atoms with Crippen LogP contribution < -0.4 is 20.1 Å². The molecule has 0 amide bonds. The molecule has 1 aromatic rings. The van der Waals surface area contributed by atoms with Crippen molar-refractivity contribution in [1.29, 1.82) is 0 Å². The first kappa shape index (κ1) is 22.3. The van der Waals surface area contributed by atoms with E-state index >= 15 is 0 Å². The van der Waals surface area contributed by atoms with Gasteiger partial charge < -0.3 is 20.1 Å². The van der Waals surface area contributed by atoms with Crippen LogP contribution in [0.15, 0.2) is 23.2 Å². The molecule has 158 valence electrons. The number of hydrogen-bond donors (Lipinski definition) is 2. The highest BCUT2D eigenvalue weighted by atomic mass is 16.5. The number of hydrogen-bond acceptors (Lipinski definition) is 4. The zero-order chi connectivity index (χ0) is 20.4. The fourth-order valence-corrected chi connectivity index (χ4v) is 3.81. The molecule has 0 spiro atoms. The van der Waals surface area contributed by atoms with Crippen molar-refractivity contribution < 1.29 is 9.47 Å². The van der Waals surface area contributed by atoms with Crippen LogP contribution in [0.25, 0.3) is 0 Å². The molecule has 6 heteroatoms. The predicted octanol–water partition coefficient (Wildman–Crippen LogP) is 2.92. The molecule has 0 aliphatic carbocycles. The maximum absolute atomic E-state index is 5.38. The minimum absolute atomic E-state index is 0.576. The molecule has 0 saturated carbocycles. The van der Waals surface area contributed by atoms with E-state index in [0.29, 0.717) is 12.0 Å². The van der Waals surface area contributed by atoms with Crippen molar-refractivity contribution >= 4 is 5.96 Å². The van der Waals surface area contributed by atoms with E-state index in [2.05, 4.69) is 40.4 Å². The molecule has 1 atom stereocenters. The highest BCUT2D eigenvalue weighted by Gasteiger charge is 2.22. The Bertz CT molecular complexity index is 613. The summed E-state index contributed by atoms with van der Waals surface area (Å²) < 4.78 is 10.7. The van der Waals surface area contributed by atoms with E-state index in [-0.39, 0.29) is 0 Å². The number of nitrogens with one attached hydrogen (secondary N) is 2. The van der Waals surface area contributed by atoms with Gasteiger partial charge in [0.1, 0.15) is 0 Å². The summed E-state index contributed by atoms with van der Waals surface area (Å²) in [6, 6.07) is 6.63. The highest BCUT2D eigenvalue weighted by molar-refractivity contribution is 5.79. The Morgan fingerprint density at radius 1 is 1.11 bits per heavy atom. The van der Waals surface area contributed by atoms with Gasteiger partial charge in [-0.25, -0.2) is 0 Å². The maximum atomic E-state index is 5.38. The quantitative estimate of drug-likeness (QED) is 0.475. The molecule has 1 heterocycles. The number of ether oxygens (including phenoxy) is 2. The molecule has 1 unspecified atom stereocenters. The fourth-order valence-electron chi connectivity index (χ4n) is 3.81. The van der Waals surface area contributed by atoms with Gasteiger partial charge in [0.15, 0.2) is 17.5 Å². The average molecular weight is 391 g/mol. The smallest absolute Gasteiger partial charge is 0.191 e. The number of methoxy groups -OCH3 is 2. The molecule has 1 saturated heterocycles. The molecular formula is C22H38N4O2. The van der Waals surface area contributed by atoms with Crippen LogP contribution in [0.5, 0.6) is 11.5 Å². The second-order valence-corrected chi connectivity index (χ2v) is 7.85. The summed E-state index contributed by atoms with van der Waals surface area (Å²) in [7, 11) is 5.15. The first-order valence-corrected chi connectivity index (χ1v) is 10.5. The Morgan fingerprint density at radius 2 is 1.82 bits per heavy atom. The molecule has 0 bridgehead atoms. The second-order valence-electron chi connectivity index (χ2n) is 7.85. The van der Waals surface area contributed by atoms with E-state index in [1.54, 1.807) is 14.2 Å². The van der Waals surface area contributed by atoms with Crippen LogP contribution >= 0.6 is 0 Å². The third kappa shape index (κ3) is 6.89. The van der Waals surface area contributed by atoms with Crippen LogP contribution in [-0.2, 0) is 6.42 Å². The lowest BCUT2D eigenvalue weighted by Crippen LogP contribution is -2.47. The van der Waals surface area contributed by atoms with Gasteiger partial charge in [-0.2, -0.15) is 0 Å². The van der Waals surface area contributed by atoms with Crippen molar-refractivity contribution in [1.82, 2.24) is 15.5 Å². The van der Waals surface area contributed by atoms with E-state index in [1.165, 1.54) is 37.9 Å². The molecule has 28 heavy (non-hydrogen) atoms. The minimum atomic E-state index is 0.576. The van der Waals surface area contributed by atoms with Gasteiger partial charge in [-0.1, -0.05) is 19.9 Å². The van der Waals surface area contributed by atoms with Crippen molar-refractivity contribution in [2.75, 3.05) is 47.4 Å². The van der Waals surface area contributed by atoms with E-state index in [4.69, 9.17) is 9.47 Å².